The summed E-state index contributed by atoms with van der Waals surface area (Å²) >= 11 is 11.1. The van der Waals surface area contributed by atoms with E-state index >= 15 is 0 Å². The summed E-state index contributed by atoms with van der Waals surface area (Å²) in [7, 11) is -4.31. The Morgan fingerprint density at radius 3 is 2.06 bits per heavy atom. The zero-order valence-corrected chi connectivity index (χ0v) is 19.7. The van der Waals surface area contributed by atoms with Crippen LogP contribution in [0.2, 0.25) is 10.0 Å². The first kappa shape index (κ1) is 27.6. The van der Waals surface area contributed by atoms with Gasteiger partial charge in [0.1, 0.15) is 11.8 Å². The molecule has 1 heterocycles. The van der Waals surface area contributed by atoms with Crippen LogP contribution in [0.25, 0.3) is 5.69 Å². The zero-order chi connectivity index (χ0) is 25.2. The third-order valence-electron chi connectivity index (χ3n) is 3.56. The molecule has 0 saturated heterocycles. The third-order valence-corrected chi connectivity index (χ3v) is 6.64. The maximum absolute atomic E-state index is 13.2. The Balaban J connectivity index is 2.84. The number of anilines is 1. The van der Waals surface area contributed by atoms with Crippen LogP contribution in [0, 0.1) is 11.3 Å². The fourth-order valence-corrected chi connectivity index (χ4v) is 5.17. The number of hydrogen-bond donors (Lipinski definition) is 1. The highest BCUT2D eigenvalue weighted by Crippen LogP contribution is 2.53. The SMILES string of the molecule is CCOP(=O)(Nc1c(SC(F)(F)F)c(C#N)nn1-c1c(Cl)cc(C(F)(F)F)cc1Cl)OCC. The van der Waals surface area contributed by atoms with Crippen molar-refractivity contribution in [3.8, 4) is 11.8 Å². The predicted molar refractivity (Wildman–Crippen MR) is 110 cm³/mol. The van der Waals surface area contributed by atoms with Crippen molar-refractivity contribution in [2.75, 3.05) is 18.3 Å². The van der Waals surface area contributed by atoms with Gasteiger partial charge in [-0.3, -0.25) is 14.1 Å². The number of thioether (sulfide) groups is 1. The molecule has 0 spiro atoms. The molecule has 33 heavy (non-hydrogen) atoms. The Hall–Kier alpha value is -1.62. The zero-order valence-electron chi connectivity index (χ0n) is 16.5. The second kappa shape index (κ2) is 10.3. The lowest BCUT2D eigenvalue weighted by Crippen LogP contribution is -2.12. The second-order valence-corrected chi connectivity index (χ2v) is 9.45. The van der Waals surface area contributed by atoms with Gasteiger partial charge in [-0.2, -0.15) is 36.7 Å². The van der Waals surface area contributed by atoms with E-state index in [1.807, 2.05) is 0 Å². The molecule has 2 aromatic rings. The van der Waals surface area contributed by atoms with Crippen molar-refractivity contribution in [1.82, 2.24) is 9.78 Å². The normalized spacial score (nSPS) is 12.6. The Bertz CT molecular complexity index is 1090. The van der Waals surface area contributed by atoms with Crippen LogP contribution in [0.4, 0.5) is 32.2 Å². The highest BCUT2D eigenvalue weighted by atomic mass is 35.5. The third kappa shape index (κ3) is 6.71. The van der Waals surface area contributed by atoms with Crippen LogP contribution in [0.15, 0.2) is 17.0 Å². The highest BCUT2D eigenvalue weighted by Gasteiger charge is 2.38. The minimum atomic E-state index is -4.93. The van der Waals surface area contributed by atoms with E-state index < -0.39 is 68.9 Å². The largest absolute Gasteiger partial charge is 0.446 e. The molecule has 0 bridgehead atoms. The number of hydrogen-bond acceptors (Lipinski definition) is 6. The van der Waals surface area contributed by atoms with Gasteiger partial charge in [-0.25, -0.2) is 9.25 Å². The number of nitriles is 1. The van der Waals surface area contributed by atoms with E-state index in [9.17, 15) is 36.2 Å². The first-order chi connectivity index (χ1) is 15.2. The lowest BCUT2D eigenvalue weighted by Gasteiger charge is -2.21. The molecule has 0 amide bonds. The van der Waals surface area contributed by atoms with Crippen molar-refractivity contribution in [2.24, 2.45) is 0 Å². The molecular weight excluding hydrogens is 544 g/mol. The number of benzene rings is 1. The van der Waals surface area contributed by atoms with E-state index in [-0.39, 0.29) is 13.2 Å². The van der Waals surface area contributed by atoms with Gasteiger partial charge in [0.15, 0.2) is 11.5 Å². The molecule has 1 aromatic heterocycles. The second-order valence-electron chi connectivity index (χ2n) is 5.83. The number of nitrogens with one attached hydrogen (secondary N) is 1. The summed E-state index contributed by atoms with van der Waals surface area (Å²) in [6.45, 7) is 2.49. The van der Waals surface area contributed by atoms with Crippen molar-refractivity contribution in [1.29, 1.82) is 5.26 Å². The van der Waals surface area contributed by atoms with Gasteiger partial charge in [-0.15, -0.1) is 0 Å². The Kier molecular flexibility index (Phi) is 8.65. The van der Waals surface area contributed by atoms with E-state index in [1.165, 1.54) is 19.9 Å². The van der Waals surface area contributed by atoms with Crippen molar-refractivity contribution < 1.29 is 40.0 Å². The summed E-state index contributed by atoms with van der Waals surface area (Å²) in [5, 5.41) is 13.9. The minimum absolute atomic E-state index is 0.187. The summed E-state index contributed by atoms with van der Waals surface area (Å²) in [6.07, 6.45) is -4.83. The molecule has 0 unspecified atom stereocenters. The van der Waals surface area contributed by atoms with Crippen molar-refractivity contribution in [3.05, 3.63) is 33.4 Å². The van der Waals surface area contributed by atoms with Gasteiger partial charge in [0.25, 0.3) is 0 Å². The van der Waals surface area contributed by atoms with Crippen molar-refractivity contribution in [3.63, 3.8) is 0 Å². The van der Waals surface area contributed by atoms with Crippen LogP contribution in [-0.4, -0.2) is 28.5 Å². The number of rotatable bonds is 8. The highest BCUT2D eigenvalue weighted by molar-refractivity contribution is 8.00. The molecule has 1 N–H and O–H groups in total. The standard InChI is InChI=1S/C16H13Cl2F6N4O3PS/c1-3-30-32(29,31-4-2)27-14-13(33-16(22,23)24)11(7-25)26-28(14)12-9(17)5-8(6-10(12)18)15(19,20)21/h5-6H,3-4H2,1-2H3,(H,27,29). The topological polar surface area (TPSA) is 89.2 Å². The van der Waals surface area contributed by atoms with E-state index in [2.05, 4.69) is 10.2 Å². The molecule has 0 atom stereocenters. The molecule has 182 valence electrons. The average Bonchev–Trinajstić information content (AvgIpc) is 2.96. The number of alkyl halides is 6. The van der Waals surface area contributed by atoms with Gasteiger partial charge < -0.3 is 0 Å². The van der Waals surface area contributed by atoms with Crippen LogP contribution >= 0.6 is 42.7 Å². The first-order valence-electron chi connectivity index (χ1n) is 8.68. The van der Waals surface area contributed by atoms with E-state index in [1.54, 1.807) is 0 Å². The van der Waals surface area contributed by atoms with Crippen LogP contribution in [0.3, 0.4) is 0 Å². The minimum Gasteiger partial charge on any atom is -0.293 e. The van der Waals surface area contributed by atoms with E-state index in [0.29, 0.717) is 16.8 Å². The predicted octanol–water partition coefficient (Wildman–Crippen LogP) is 7.27. The van der Waals surface area contributed by atoms with Crippen molar-refractivity contribution >= 4 is 48.5 Å². The van der Waals surface area contributed by atoms with Crippen LogP contribution in [-0.2, 0) is 19.8 Å². The van der Waals surface area contributed by atoms with Gasteiger partial charge in [-0.05, 0) is 37.7 Å². The molecule has 17 heteroatoms. The summed E-state index contributed by atoms with van der Waals surface area (Å²) in [4.78, 5) is -0.850. The molecule has 1 aromatic carbocycles. The van der Waals surface area contributed by atoms with Gasteiger partial charge in [-0.1, -0.05) is 23.2 Å². The summed E-state index contributed by atoms with van der Waals surface area (Å²) in [6, 6.07) is 2.39. The molecule has 0 saturated carbocycles. The molecule has 0 aliphatic heterocycles. The molecule has 0 radical (unpaired) electrons. The first-order valence-corrected chi connectivity index (χ1v) is 11.8. The van der Waals surface area contributed by atoms with Crippen molar-refractivity contribution in [2.45, 2.75) is 30.4 Å². The smallest absolute Gasteiger partial charge is 0.293 e. The summed E-state index contributed by atoms with van der Waals surface area (Å²) < 4.78 is 102. The lowest BCUT2D eigenvalue weighted by molar-refractivity contribution is -0.137. The lowest BCUT2D eigenvalue weighted by atomic mass is 10.2. The Labute approximate surface area is 197 Å². The maximum atomic E-state index is 13.2. The Morgan fingerprint density at radius 1 is 1.15 bits per heavy atom. The van der Waals surface area contributed by atoms with Gasteiger partial charge in [0.2, 0.25) is 0 Å². The molecule has 7 nitrogen and oxygen atoms in total. The fraction of sp³-hybridized carbons (Fsp3) is 0.375. The molecule has 0 aliphatic carbocycles. The Morgan fingerprint density at radius 2 is 1.67 bits per heavy atom. The van der Waals surface area contributed by atoms with Crippen LogP contribution in [0.5, 0.6) is 0 Å². The van der Waals surface area contributed by atoms with Gasteiger partial charge >= 0.3 is 19.4 Å². The summed E-state index contributed by atoms with van der Waals surface area (Å²) in [5.41, 5.74) is -7.46. The van der Waals surface area contributed by atoms with Crippen LogP contribution < -0.4 is 5.09 Å². The molecular formula is C16H13Cl2F6N4O3PS. The summed E-state index contributed by atoms with van der Waals surface area (Å²) in [5.74, 6) is -0.734. The fourth-order valence-electron chi connectivity index (χ4n) is 2.45. The van der Waals surface area contributed by atoms with E-state index in [0.717, 1.165) is 0 Å². The van der Waals surface area contributed by atoms with Gasteiger partial charge in [0, 0.05) is 0 Å². The molecule has 0 fully saturated rings. The molecule has 0 aliphatic rings. The number of nitrogens with zero attached hydrogens (tertiary/aromatic N) is 3. The van der Waals surface area contributed by atoms with Gasteiger partial charge in [0.05, 0.1) is 33.7 Å². The number of aromatic nitrogens is 2. The monoisotopic (exact) mass is 556 g/mol. The van der Waals surface area contributed by atoms with E-state index in [4.69, 9.17) is 32.2 Å². The maximum Gasteiger partial charge on any atom is 0.446 e. The average molecular weight is 557 g/mol. The quantitative estimate of drug-likeness (QED) is 0.207. The number of halogens is 8. The molecule has 2 rings (SSSR count). The van der Waals surface area contributed by atoms with Crippen LogP contribution in [0.1, 0.15) is 25.1 Å².